The van der Waals surface area contributed by atoms with Crippen LogP contribution in [0.25, 0.3) is 22.2 Å². The molecule has 0 spiro atoms. The first-order valence-corrected chi connectivity index (χ1v) is 15.9. The molecule has 4 aromatic rings. The number of benzene rings is 2. The van der Waals surface area contributed by atoms with Crippen molar-refractivity contribution >= 4 is 24.9 Å². The number of ether oxygens (including phenoxy) is 2. The molecule has 2 heterocycles. The third kappa shape index (κ3) is 5.76. The second-order valence-electron chi connectivity index (χ2n) is 10.0. The predicted molar refractivity (Wildman–Crippen MR) is 150 cm³/mol. The highest BCUT2D eigenvalue weighted by Gasteiger charge is 2.26. The summed E-state index contributed by atoms with van der Waals surface area (Å²) in [5.74, 6) is 0.122. The van der Waals surface area contributed by atoms with E-state index in [0.717, 1.165) is 6.07 Å². The van der Waals surface area contributed by atoms with E-state index in [1.807, 2.05) is 12.1 Å². The van der Waals surface area contributed by atoms with Gasteiger partial charge in [-0.1, -0.05) is 43.8 Å². The van der Waals surface area contributed by atoms with Gasteiger partial charge in [0.1, 0.15) is 19.4 Å². The minimum atomic E-state index is -1.84. The number of aromatic amines is 1. The Morgan fingerprint density at radius 3 is 2.51 bits per heavy atom. The van der Waals surface area contributed by atoms with E-state index in [-0.39, 0.29) is 46.2 Å². The first kappa shape index (κ1) is 27.7. The minimum absolute atomic E-state index is 0.00987. The predicted octanol–water partition coefficient (Wildman–Crippen LogP) is 6.68. The van der Waals surface area contributed by atoms with Crippen molar-refractivity contribution in [1.29, 1.82) is 0 Å². The van der Waals surface area contributed by atoms with Crippen LogP contribution in [-0.2, 0) is 4.74 Å². The Hall–Kier alpha value is -4.29. The molecule has 9 heteroatoms. The highest BCUT2D eigenvalue weighted by Crippen LogP contribution is 2.37. The summed E-state index contributed by atoms with van der Waals surface area (Å²) in [7, 11) is -1.84. The smallest absolute Gasteiger partial charge is 0.344 e. The van der Waals surface area contributed by atoms with E-state index in [1.165, 1.54) is 13.0 Å². The van der Waals surface area contributed by atoms with Crippen LogP contribution >= 0.6 is 0 Å². The molecule has 0 radical (unpaired) electrons. The van der Waals surface area contributed by atoms with Gasteiger partial charge in [-0.25, -0.2) is 18.6 Å². The molecular formula is C30H28F2N2O4Si. The number of rotatable bonds is 5. The fourth-order valence-electron chi connectivity index (χ4n) is 3.93. The van der Waals surface area contributed by atoms with Gasteiger partial charge in [-0.3, -0.25) is 4.79 Å². The van der Waals surface area contributed by atoms with Crippen molar-refractivity contribution in [1.82, 2.24) is 9.97 Å². The molecule has 0 aliphatic heterocycles. The highest BCUT2D eigenvalue weighted by molar-refractivity contribution is 6.83. The summed E-state index contributed by atoms with van der Waals surface area (Å²) in [6.07, 6.45) is 0. The van der Waals surface area contributed by atoms with Crippen LogP contribution < -0.4 is 10.2 Å². The standard InChI is InChI=1S/C30H28F2N2O4Si/c1-7-37-30(36)25-27(33-18(3)20(28(25)35)14-15-39(4,5)6)21-16-19-10-8-9-11-23(19)34-29(21)38-24-13-12-22(31)26(32)17(24)2/h8-13,16H,7H2,1-6H3,(H,33,35). The van der Waals surface area contributed by atoms with Crippen molar-refractivity contribution in [3.63, 3.8) is 0 Å². The number of hydrogen-bond acceptors (Lipinski definition) is 5. The van der Waals surface area contributed by atoms with E-state index in [1.54, 1.807) is 32.0 Å². The average Bonchev–Trinajstić information content (AvgIpc) is 2.87. The number of H-pyrrole nitrogens is 1. The third-order valence-corrected chi connectivity index (χ3v) is 6.76. The number of aromatic nitrogens is 2. The lowest BCUT2D eigenvalue weighted by atomic mass is 10.0. The van der Waals surface area contributed by atoms with Gasteiger partial charge in [0.15, 0.2) is 11.6 Å². The van der Waals surface area contributed by atoms with Crippen LogP contribution in [0.4, 0.5) is 8.78 Å². The zero-order valence-corrected chi connectivity index (χ0v) is 23.6. The van der Waals surface area contributed by atoms with Crippen molar-refractivity contribution in [2.75, 3.05) is 6.61 Å². The molecule has 0 atom stereocenters. The normalized spacial score (nSPS) is 11.2. The Labute approximate surface area is 226 Å². The monoisotopic (exact) mass is 546 g/mol. The Kier molecular flexibility index (Phi) is 7.70. The van der Waals surface area contributed by atoms with Crippen LogP contribution in [0.2, 0.25) is 19.6 Å². The lowest BCUT2D eigenvalue weighted by Gasteiger charge is -2.17. The van der Waals surface area contributed by atoms with Crippen LogP contribution in [0.15, 0.2) is 47.3 Å². The summed E-state index contributed by atoms with van der Waals surface area (Å²) >= 11 is 0. The van der Waals surface area contributed by atoms with E-state index in [0.29, 0.717) is 16.6 Å². The van der Waals surface area contributed by atoms with E-state index < -0.39 is 31.1 Å². The Morgan fingerprint density at radius 1 is 1.10 bits per heavy atom. The number of carbonyl (C=O) groups is 1. The Balaban J connectivity index is 2.04. The second kappa shape index (κ2) is 10.8. The topological polar surface area (TPSA) is 81.3 Å². The molecule has 6 nitrogen and oxygen atoms in total. The number of nitrogens with one attached hydrogen (secondary N) is 1. The molecule has 0 saturated carbocycles. The largest absolute Gasteiger partial charge is 0.462 e. The summed E-state index contributed by atoms with van der Waals surface area (Å²) < 4.78 is 39.4. The summed E-state index contributed by atoms with van der Waals surface area (Å²) in [6, 6.07) is 11.2. The quantitative estimate of drug-likeness (QED) is 0.172. The van der Waals surface area contributed by atoms with Crippen LogP contribution in [0.5, 0.6) is 11.6 Å². The number of carbonyl (C=O) groups excluding carboxylic acids is 1. The molecule has 2 aromatic heterocycles. The zero-order chi connectivity index (χ0) is 28.5. The number of aryl methyl sites for hydroxylation is 1. The summed E-state index contributed by atoms with van der Waals surface area (Å²) in [5.41, 5.74) is 3.89. The Morgan fingerprint density at radius 2 is 1.82 bits per heavy atom. The molecule has 0 amide bonds. The number of pyridine rings is 2. The molecular weight excluding hydrogens is 518 g/mol. The maximum absolute atomic E-state index is 14.3. The van der Waals surface area contributed by atoms with Gasteiger partial charge in [0.05, 0.1) is 28.9 Å². The fraction of sp³-hybridized carbons (Fsp3) is 0.233. The van der Waals surface area contributed by atoms with E-state index in [4.69, 9.17) is 9.47 Å². The van der Waals surface area contributed by atoms with Crippen LogP contribution in [0.1, 0.15) is 34.1 Å². The molecule has 0 bridgehead atoms. The Bertz CT molecular complexity index is 1730. The lowest BCUT2D eigenvalue weighted by molar-refractivity contribution is 0.0525. The summed E-state index contributed by atoms with van der Waals surface area (Å²) in [5, 5.41) is 0.706. The van der Waals surface area contributed by atoms with Gasteiger partial charge in [-0.05, 0) is 45.0 Å². The second-order valence-corrected chi connectivity index (χ2v) is 14.8. The molecule has 0 unspecified atom stereocenters. The van der Waals surface area contributed by atoms with Gasteiger partial charge in [0, 0.05) is 16.6 Å². The van der Waals surface area contributed by atoms with Crippen LogP contribution in [0, 0.1) is 36.9 Å². The number of para-hydroxylation sites is 1. The molecule has 2 aromatic carbocycles. The molecule has 0 aliphatic carbocycles. The van der Waals surface area contributed by atoms with E-state index >= 15 is 0 Å². The molecule has 39 heavy (non-hydrogen) atoms. The van der Waals surface area contributed by atoms with Crippen molar-refractivity contribution in [2.45, 2.75) is 40.4 Å². The molecule has 1 N–H and O–H groups in total. The minimum Gasteiger partial charge on any atom is -0.462 e. The van der Waals surface area contributed by atoms with Crippen LogP contribution in [0.3, 0.4) is 0 Å². The SMILES string of the molecule is CCOC(=O)c1c(-c2cc3ccccc3nc2Oc2ccc(F)c(F)c2C)[nH]c(C)c(C#C[Si](C)(C)C)c1=O. The van der Waals surface area contributed by atoms with E-state index in [2.05, 4.69) is 41.1 Å². The summed E-state index contributed by atoms with van der Waals surface area (Å²) in [4.78, 5) is 34.6. The van der Waals surface area contributed by atoms with Gasteiger partial charge >= 0.3 is 5.97 Å². The first-order valence-electron chi connectivity index (χ1n) is 12.4. The van der Waals surface area contributed by atoms with Gasteiger partial charge in [-0.2, -0.15) is 0 Å². The van der Waals surface area contributed by atoms with Crippen molar-refractivity contribution in [2.24, 2.45) is 0 Å². The lowest BCUT2D eigenvalue weighted by Crippen LogP contribution is -2.24. The van der Waals surface area contributed by atoms with Crippen molar-refractivity contribution in [3.8, 4) is 34.4 Å². The van der Waals surface area contributed by atoms with Gasteiger partial charge in [-0.15, -0.1) is 5.54 Å². The average molecular weight is 547 g/mol. The number of halogens is 2. The zero-order valence-electron chi connectivity index (χ0n) is 22.6. The molecule has 0 aliphatic rings. The third-order valence-electron chi connectivity index (χ3n) is 5.89. The number of fused-ring (bicyclic) bond motifs is 1. The maximum Gasteiger partial charge on any atom is 0.344 e. The molecule has 0 fully saturated rings. The number of hydrogen-bond donors (Lipinski definition) is 1. The molecule has 4 rings (SSSR count). The molecule has 200 valence electrons. The highest BCUT2D eigenvalue weighted by atomic mass is 28.3. The molecule has 0 saturated heterocycles. The maximum atomic E-state index is 14.3. The van der Waals surface area contributed by atoms with Gasteiger partial charge in [0.25, 0.3) is 0 Å². The fourth-order valence-corrected chi connectivity index (χ4v) is 4.43. The first-order chi connectivity index (χ1) is 18.4. The van der Waals surface area contributed by atoms with Gasteiger partial charge < -0.3 is 14.5 Å². The van der Waals surface area contributed by atoms with E-state index in [9.17, 15) is 18.4 Å². The number of esters is 1. The van der Waals surface area contributed by atoms with Crippen LogP contribution in [-0.4, -0.2) is 30.6 Å². The van der Waals surface area contributed by atoms with Crippen molar-refractivity contribution < 1.29 is 23.0 Å². The number of nitrogens with zero attached hydrogens (tertiary/aromatic N) is 1. The summed E-state index contributed by atoms with van der Waals surface area (Å²) in [6.45, 7) is 10.9. The van der Waals surface area contributed by atoms with Gasteiger partial charge in [0.2, 0.25) is 11.3 Å². The van der Waals surface area contributed by atoms with Crippen molar-refractivity contribution in [3.05, 3.63) is 86.7 Å².